The van der Waals surface area contributed by atoms with Crippen molar-refractivity contribution in [1.82, 2.24) is 4.98 Å². The Morgan fingerprint density at radius 1 is 0.870 bits per heavy atom. The molecule has 120 valence electrons. The first-order valence-corrected chi connectivity index (χ1v) is 9.03. The molecular weight excluding hydrogens is 298 g/mol. The van der Waals surface area contributed by atoms with E-state index < -0.39 is 0 Å². The molecule has 0 radical (unpaired) electrons. The van der Waals surface area contributed by atoms with Crippen LogP contribution in [0.2, 0.25) is 0 Å². The lowest BCUT2D eigenvalue weighted by atomic mass is 9.80. The van der Waals surface area contributed by atoms with E-state index in [4.69, 9.17) is 0 Å². The first kappa shape index (κ1) is 16.2. The molecule has 1 heterocycles. The van der Waals surface area contributed by atoms with Crippen molar-refractivity contribution in [1.29, 1.82) is 0 Å². The van der Waals surface area contributed by atoms with Gasteiger partial charge in [0.1, 0.15) is 5.01 Å². The fourth-order valence-electron chi connectivity index (χ4n) is 3.00. The van der Waals surface area contributed by atoms with Gasteiger partial charge in [-0.1, -0.05) is 71.9 Å². The molecule has 0 bridgehead atoms. The summed E-state index contributed by atoms with van der Waals surface area (Å²) in [7, 11) is 0. The van der Waals surface area contributed by atoms with Gasteiger partial charge in [0.2, 0.25) is 0 Å². The quantitative estimate of drug-likeness (QED) is 0.494. The molecule has 0 unspecified atom stereocenters. The van der Waals surface area contributed by atoms with E-state index in [2.05, 4.69) is 82.2 Å². The van der Waals surface area contributed by atoms with Gasteiger partial charge in [0.15, 0.2) is 0 Å². The summed E-state index contributed by atoms with van der Waals surface area (Å²) in [6.45, 7) is 13.6. The number of rotatable bonds is 1. The highest BCUT2D eigenvalue weighted by Crippen LogP contribution is 2.40. The molecule has 0 fully saturated rings. The monoisotopic (exact) mass is 323 g/mol. The predicted molar refractivity (Wildman–Crippen MR) is 102 cm³/mol. The SMILES string of the molecule is CC(C)(C)c1ccc2c(-c3nccs3)c(C(C)(C)C)ccc2c1. The molecule has 2 heteroatoms. The van der Waals surface area contributed by atoms with E-state index in [-0.39, 0.29) is 10.8 Å². The Balaban J connectivity index is 2.34. The topological polar surface area (TPSA) is 12.9 Å². The number of hydrogen-bond acceptors (Lipinski definition) is 2. The molecule has 3 rings (SSSR count). The van der Waals surface area contributed by atoms with Crippen LogP contribution in [0, 0.1) is 0 Å². The van der Waals surface area contributed by atoms with Gasteiger partial charge in [-0.15, -0.1) is 11.3 Å². The van der Waals surface area contributed by atoms with Gasteiger partial charge in [-0.3, -0.25) is 0 Å². The van der Waals surface area contributed by atoms with Crippen molar-refractivity contribution in [3.8, 4) is 10.6 Å². The van der Waals surface area contributed by atoms with Crippen LogP contribution in [0.3, 0.4) is 0 Å². The van der Waals surface area contributed by atoms with Crippen molar-refractivity contribution in [2.24, 2.45) is 0 Å². The minimum absolute atomic E-state index is 0.0951. The number of thiazole rings is 1. The first-order valence-electron chi connectivity index (χ1n) is 8.15. The van der Waals surface area contributed by atoms with Crippen LogP contribution in [0.4, 0.5) is 0 Å². The maximum absolute atomic E-state index is 4.60. The van der Waals surface area contributed by atoms with Crippen LogP contribution in [0.25, 0.3) is 21.3 Å². The maximum Gasteiger partial charge on any atom is 0.124 e. The normalized spacial score (nSPS) is 12.8. The van der Waals surface area contributed by atoms with Crippen LogP contribution in [0.15, 0.2) is 41.9 Å². The van der Waals surface area contributed by atoms with E-state index in [0.717, 1.165) is 5.01 Å². The van der Waals surface area contributed by atoms with Gasteiger partial charge in [-0.25, -0.2) is 4.98 Å². The van der Waals surface area contributed by atoms with Crippen molar-refractivity contribution < 1.29 is 0 Å². The number of fused-ring (bicyclic) bond motifs is 1. The van der Waals surface area contributed by atoms with Gasteiger partial charge in [0.25, 0.3) is 0 Å². The summed E-state index contributed by atoms with van der Waals surface area (Å²) < 4.78 is 0. The molecule has 0 saturated heterocycles. The standard InChI is InChI=1S/C21H25NS/c1-20(2,3)15-8-9-16-14(13-15)7-10-17(21(4,5)6)18(16)19-22-11-12-23-19/h7-13H,1-6H3. The van der Waals surface area contributed by atoms with Gasteiger partial charge < -0.3 is 0 Å². The zero-order valence-corrected chi connectivity index (χ0v) is 15.7. The average Bonchev–Trinajstić information content (AvgIpc) is 2.97. The maximum atomic E-state index is 4.60. The van der Waals surface area contributed by atoms with E-state index in [9.17, 15) is 0 Å². The molecular formula is C21H25NS. The van der Waals surface area contributed by atoms with E-state index in [1.165, 1.54) is 27.5 Å². The summed E-state index contributed by atoms with van der Waals surface area (Å²) in [5.74, 6) is 0. The number of hydrogen-bond donors (Lipinski definition) is 0. The molecule has 0 saturated carbocycles. The van der Waals surface area contributed by atoms with Crippen LogP contribution >= 0.6 is 11.3 Å². The zero-order chi connectivity index (χ0) is 16.8. The number of aromatic nitrogens is 1. The largest absolute Gasteiger partial charge is 0.245 e. The van der Waals surface area contributed by atoms with Crippen LogP contribution < -0.4 is 0 Å². The summed E-state index contributed by atoms with van der Waals surface area (Å²) in [6, 6.07) is 11.4. The van der Waals surface area contributed by atoms with Crippen LogP contribution in [-0.2, 0) is 10.8 Å². The van der Waals surface area contributed by atoms with E-state index in [0.29, 0.717) is 0 Å². The van der Waals surface area contributed by atoms with Crippen molar-refractivity contribution in [3.05, 3.63) is 53.0 Å². The van der Waals surface area contributed by atoms with Crippen LogP contribution in [0.1, 0.15) is 52.7 Å². The van der Waals surface area contributed by atoms with Gasteiger partial charge in [0.05, 0.1) is 0 Å². The van der Waals surface area contributed by atoms with E-state index in [1.54, 1.807) is 11.3 Å². The highest BCUT2D eigenvalue weighted by molar-refractivity contribution is 7.13. The molecule has 2 aromatic carbocycles. The minimum atomic E-state index is 0.0951. The molecule has 0 spiro atoms. The Morgan fingerprint density at radius 3 is 2.17 bits per heavy atom. The fourth-order valence-corrected chi connectivity index (χ4v) is 3.71. The number of benzene rings is 2. The molecule has 0 aliphatic rings. The fraction of sp³-hybridized carbons (Fsp3) is 0.381. The summed E-state index contributed by atoms with van der Waals surface area (Å²) >= 11 is 1.72. The Kier molecular flexibility index (Phi) is 3.84. The van der Waals surface area contributed by atoms with E-state index in [1.807, 2.05) is 6.20 Å². The molecule has 3 aromatic rings. The average molecular weight is 324 g/mol. The predicted octanol–water partition coefficient (Wildman–Crippen LogP) is 6.56. The zero-order valence-electron chi connectivity index (χ0n) is 14.9. The molecule has 0 amide bonds. The third-order valence-corrected chi connectivity index (χ3v) is 5.13. The molecule has 1 nitrogen and oxygen atoms in total. The van der Waals surface area contributed by atoms with Crippen molar-refractivity contribution in [3.63, 3.8) is 0 Å². The Labute approximate surface area is 143 Å². The van der Waals surface area contributed by atoms with Gasteiger partial charge >= 0.3 is 0 Å². The van der Waals surface area contributed by atoms with Gasteiger partial charge in [0, 0.05) is 17.1 Å². The van der Waals surface area contributed by atoms with Crippen molar-refractivity contribution in [2.75, 3.05) is 0 Å². The van der Waals surface area contributed by atoms with Crippen LogP contribution in [0.5, 0.6) is 0 Å². The molecule has 1 aromatic heterocycles. The summed E-state index contributed by atoms with van der Waals surface area (Å²) in [5.41, 5.74) is 4.29. The lowest BCUT2D eigenvalue weighted by Crippen LogP contribution is -2.13. The highest BCUT2D eigenvalue weighted by Gasteiger charge is 2.23. The first-order chi connectivity index (χ1) is 10.7. The lowest BCUT2D eigenvalue weighted by Gasteiger charge is -2.25. The number of nitrogens with zero attached hydrogens (tertiary/aromatic N) is 1. The summed E-state index contributed by atoms with van der Waals surface area (Å²) in [4.78, 5) is 4.60. The smallest absolute Gasteiger partial charge is 0.124 e. The highest BCUT2D eigenvalue weighted by atomic mass is 32.1. The van der Waals surface area contributed by atoms with Crippen molar-refractivity contribution in [2.45, 2.75) is 52.4 Å². The second-order valence-corrected chi connectivity index (χ2v) is 9.16. The molecule has 0 aliphatic carbocycles. The molecule has 0 N–H and O–H groups in total. The van der Waals surface area contributed by atoms with Gasteiger partial charge in [-0.05, 0) is 32.7 Å². The second-order valence-electron chi connectivity index (χ2n) is 8.26. The lowest BCUT2D eigenvalue weighted by molar-refractivity contribution is 0.590. The van der Waals surface area contributed by atoms with Gasteiger partial charge in [-0.2, -0.15) is 0 Å². The Hall–Kier alpha value is -1.67. The van der Waals surface area contributed by atoms with E-state index >= 15 is 0 Å². The third-order valence-electron chi connectivity index (χ3n) is 4.34. The molecule has 0 aliphatic heterocycles. The third kappa shape index (κ3) is 3.05. The summed E-state index contributed by atoms with van der Waals surface area (Å²) in [6.07, 6.45) is 1.90. The van der Waals surface area contributed by atoms with Crippen LogP contribution in [-0.4, -0.2) is 4.98 Å². The second kappa shape index (κ2) is 5.45. The Morgan fingerprint density at radius 2 is 1.61 bits per heavy atom. The summed E-state index contributed by atoms with van der Waals surface area (Å²) in [5, 5.41) is 5.78. The molecule has 0 atom stereocenters. The molecule has 23 heavy (non-hydrogen) atoms. The van der Waals surface area contributed by atoms with Crippen molar-refractivity contribution >= 4 is 22.1 Å². The Bertz CT molecular complexity index is 831. The minimum Gasteiger partial charge on any atom is -0.245 e.